The summed E-state index contributed by atoms with van der Waals surface area (Å²) in [5, 5.41) is 8.18. The third-order valence-corrected chi connectivity index (χ3v) is 3.77. The topological polar surface area (TPSA) is 88.1 Å². The van der Waals surface area contributed by atoms with Crippen molar-refractivity contribution in [1.82, 2.24) is 24.9 Å². The average Bonchev–Trinajstić information content (AvgIpc) is 3.40. The predicted molar refractivity (Wildman–Crippen MR) is 93.2 cm³/mol. The lowest BCUT2D eigenvalue weighted by Crippen LogP contribution is -1.97. The summed E-state index contributed by atoms with van der Waals surface area (Å²) < 4.78 is 17.6. The lowest BCUT2D eigenvalue weighted by Gasteiger charge is -2.05. The number of benzene rings is 1. The van der Waals surface area contributed by atoms with Crippen molar-refractivity contribution in [1.29, 1.82) is 0 Å². The highest BCUT2D eigenvalue weighted by Gasteiger charge is 2.13. The Balaban J connectivity index is 1.64. The zero-order valence-electron chi connectivity index (χ0n) is 14.2. The number of hydrogen-bond acceptors (Lipinski definition) is 7. The molecule has 3 heterocycles. The van der Waals surface area contributed by atoms with Gasteiger partial charge in [0.25, 0.3) is 5.89 Å². The second-order valence-electron chi connectivity index (χ2n) is 5.38. The van der Waals surface area contributed by atoms with Gasteiger partial charge in [-0.15, -0.1) is 0 Å². The van der Waals surface area contributed by atoms with Crippen molar-refractivity contribution in [3.05, 3.63) is 55.0 Å². The molecule has 0 N–H and O–H groups in total. The van der Waals surface area contributed by atoms with Crippen LogP contribution in [0.1, 0.15) is 0 Å². The summed E-state index contributed by atoms with van der Waals surface area (Å²) in [6, 6.07) is 10.9. The van der Waals surface area contributed by atoms with Crippen molar-refractivity contribution in [3.63, 3.8) is 0 Å². The minimum Gasteiger partial charge on any atom is -0.497 e. The van der Waals surface area contributed by atoms with E-state index in [0.29, 0.717) is 34.6 Å². The minimum atomic E-state index is 0.369. The molecule has 26 heavy (non-hydrogen) atoms. The largest absolute Gasteiger partial charge is 0.497 e. The number of methoxy groups -OCH3 is 2. The predicted octanol–water partition coefficient (Wildman–Crippen LogP) is 3.00. The van der Waals surface area contributed by atoms with Gasteiger partial charge in [0, 0.05) is 35.8 Å². The van der Waals surface area contributed by atoms with E-state index in [1.165, 1.54) is 0 Å². The van der Waals surface area contributed by atoms with Gasteiger partial charge in [0.2, 0.25) is 5.82 Å². The molecule has 0 atom stereocenters. The number of aromatic nitrogens is 5. The number of hydrogen-bond donors (Lipinski definition) is 0. The van der Waals surface area contributed by atoms with Crippen LogP contribution in [0.25, 0.3) is 28.7 Å². The molecule has 8 heteroatoms. The highest BCUT2D eigenvalue weighted by molar-refractivity contribution is 5.62. The van der Waals surface area contributed by atoms with Gasteiger partial charge in [0.15, 0.2) is 5.82 Å². The van der Waals surface area contributed by atoms with E-state index in [4.69, 9.17) is 14.0 Å². The van der Waals surface area contributed by atoms with Crippen molar-refractivity contribution in [2.75, 3.05) is 14.2 Å². The van der Waals surface area contributed by atoms with Crippen LogP contribution in [0.4, 0.5) is 0 Å². The first-order valence-electron chi connectivity index (χ1n) is 7.80. The molecule has 0 spiro atoms. The molecule has 8 nitrogen and oxygen atoms in total. The van der Waals surface area contributed by atoms with Crippen molar-refractivity contribution in [2.24, 2.45) is 0 Å². The van der Waals surface area contributed by atoms with Gasteiger partial charge in [-0.2, -0.15) is 10.1 Å². The first-order valence-corrected chi connectivity index (χ1v) is 7.80. The maximum atomic E-state index is 5.39. The summed E-state index contributed by atoms with van der Waals surface area (Å²) in [5.74, 6) is 2.81. The molecule has 0 fully saturated rings. The molecule has 0 radical (unpaired) electrons. The summed E-state index contributed by atoms with van der Waals surface area (Å²) in [6.07, 6.45) is 5.20. The van der Waals surface area contributed by atoms with E-state index < -0.39 is 0 Å². The highest BCUT2D eigenvalue weighted by atomic mass is 16.5. The molecule has 4 aromatic rings. The second kappa shape index (κ2) is 6.67. The molecule has 0 bridgehead atoms. The maximum Gasteiger partial charge on any atom is 0.258 e. The zero-order chi connectivity index (χ0) is 17.9. The molecular weight excluding hydrogens is 334 g/mol. The Hall–Kier alpha value is -3.68. The maximum absolute atomic E-state index is 5.39. The van der Waals surface area contributed by atoms with Gasteiger partial charge in [0.1, 0.15) is 11.5 Å². The summed E-state index contributed by atoms with van der Waals surface area (Å²) in [6.45, 7) is 0. The van der Waals surface area contributed by atoms with Crippen LogP contribution < -0.4 is 9.47 Å². The number of rotatable bonds is 5. The molecule has 0 saturated heterocycles. The van der Waals surface area contributed by atoms with Crippen LogP contribution in [0.15, 0.2) is 59.5 Å². The van der Waals surface area contributed by atoms with E-state index in [1.807, 2.05) is 24.4 Å². The van der Waals surface area contributed by atoms with Crippen LogP contribution in [-0.4, -0.2) is 39.1 Å². The molecule has 130 valence electrons. The Bertz CT molecular complexity index is 988. The highest BCUT2D eigenvalue weighted by Crippen LogP contribution is 2.30. The first-order chi connectivity index (χ1) is 12.8. The second-order valence-corrected chi connectivity index (χ2v) is 5.38. The third-order valence-electron chi connectivity index (χ3n) is 3.77. The summed E-state index contributed by atoms with van der Waals surface area (Å²) in [4.78, 5) is 8.82. The minimum absolute atomic E-state index is 0.369. The molecule has 0 aliphatic carbocycles. The van der Waals surface area contributed by atoms with E-state index in [0.717, 1.165) is 5.56 Å². The van der Waals surface area contributed by atoms with E-state index in [-0.39, 0.29) is 0 Å². The van der Waals surface area contributed by atoms with Crippen LogP contribution in [0.3, 0.4) is 0 Å². The molecule has 0 amide bonds. The molecule has 0 saturated carbocycles. The van der Waals surface area contributed by atoms with Crippen LogP contribution >= 0.6 is 0 Å². The molecular formula is C18H15N5O3. The SMILES string of the molecule is COc1cc(OC)cc(-c2nc(-c3ccc(-n4cccn4)nc3)no2)c1. The quantitative estimate of drug-likeness (QED) is 0.547. The Labute approximate surface area is 149 Å². The van der Waals surface area contributed by atoms with Crippen LogP contribution in [-0.2, 0) is 0 Å². The third kappa shape index (κ3) is 3.00. The van der Waals surface area contributed by atoms with Crippen molar-refractivity contribution >= 4 is 0 Å². The summed E-state index contributed by atoms with van der Waals surface area (Å²) in [5.41, 5.74) is 1.45. The van der Waals surface area contributed by atoms with Crippen molar-refractivity contribution in [2.45, 2.75) is 0 Å². The summed E-state index contributed by atoms with van der Waals surface area (Å²) in [7, 11) is 3.18. The average molecular weight is 349 g/mol. The van der Waals surface area contributed by atoms with Gasteiger partial charge in [-0.1, -0.05) is 5.16 Å². The Morgan fingerprint density at radius 1 is 1.00 bits per heavy atom. The molecule has 4 rings (SSSR count). The molecule has 0 unspecified atom stereocenters. The monoisotopic (exact) mass is 349 g/mol. The fourth-order valence-corrected chi connectivity index (χ4v) is 2.45. The molecule has 1 aromatic carbocycles. The van der Waals surface area contributed by atoms with Gasteiger partial charge >= 0.3 is 0 Å². The Kier molecular flexibility index (Phi) is 4.06. The Morgan fingerprint density at radius 3 is 2.42 bits per heavy atom. The van der Waals surface area contributed by atoms with Gasteiger partial charge in [-0.25, -0.2) is 9.67 Å². The van der Waals surface area contributed by atoms with Gasteiger partial charge < -0.3 is 14.0 Å². The van der Waals surface area contributed by atoms with Crippen molar-refractivity contribution < 1.29 is 14.0 Å². The number of nitrogens with zero attached hydrogens (tertiary/aromatic N) is 5. The normalized spacial score (nSPS) is 10.7. The smallest absolute Gasteiger partial charge is 0.258 e. The Morgan fingerprint density at radius 2 is 1.81 bits per heavy atom. The van der Waals surface area contributed by atoms with E-state index in [1.54, 1.807) is 49.5 Å². The molecule has 0 aliphatic heterocycles. The van der Waals surface area contributed by atoms with Gasteiger partial charge in [0.05, 0.1) is 14.2 Å². The van der Waals surface area contributed by atoms with Crippen LogP contribution in [0.2, 0.25) is 0 Å². The number of ether oxygens (including phenoxy) is 2. The first kappa shape index (κ1) is 15.8. The standard InChI is InChI=1S/C18H15N5O3/c1-24-14-8-13(9-15(10-14)25-2)18-21-17(22-26-18)12-4-5-16(19-11-12)23-7-3-6-20-23/h3-11H,1-2H3. The van der Waals surface area contributed by atoms with Gasteiger partial charge in [-0.3, -0.25) is 0 Å². The van der Waals surface area contributed by atoms with Crippen LogP contribution in [0.5, 0.6) is 11.5 Å². The fourth-order valence-electron chi connectivity index (χ4n) is 2.45. The van der Waals surface area contributed by atoms with E-state index in [2.05, 4.69) is 20.2 Å². The summed E-state index contributed by atoms with van der Waals surface area (Å²) >= 11 is 0. The zero-order valence-corrected chi connectivity index (χ0v) is 14.2. The lowest BCUT2D eigenvalue weighted by atomic mass is 10.2. The fraction of sp³-hybridized carbons (Fsp3) is 0.111. The number of pyridine rings is 1. The van der Waals surface area contributed by atoms with E-state index >= 15 is 0 Å². The van der Waals surface area contributed by atoms with Crippen LogP contribution in [0, 0.1) is 0 Å². The van der Waals surface area contributed by atoms with E-state index in [9.17, 15) is 0 Å². The van der Waals surface area contributed by atoms with Crippen molar-refractivity contribution in [3.8, 4) is 40.2 Å². The molecule has 3 aromatic heterocycles. The lowest BCUT2D eigenvalue weighted by molar-refractivity contribution is 0.393. The molecule has 0 aliphatic rings. The van der Waals surface area contributed by atoms with Gasteiger partial charge in [-0.05, 0) is 30.3 Å².